The van der Waals surface area contributed by atoms with Gasteiger partial charge in [0.1, 0.15) is 0 Å². The highest BCUT2D eigenvalue weighted by Crippen LogP contribution is 2.15. The predicted octanol–water partition coefficient (Wildman–Crippen LogP) is 0.740. The zero-order chi connectivity index (χ0) is 6.69. The maximum absolute atomic E-state index is 8.59. The van der Waals surface area contributed by atoms with Gasteiger partial charge < -0.3 is 10.8 Å². The third kappa shape index (κ3) is 1.51. The Balaban J connectivity index is 2.65. The maximum Gasteiger partial charge on any atom is 0.0632 e. The second-order valence-corrected chi connectivity index (χ2v) is 2.78. The van der Waals surface area contributed by atoms with Crippen LogP contribution in [0.3, 0.4) is 0 Å². The van der Waals surface area contributed by atoms with Crippen molar-refractivity contribution in [1.29, 1.82) is 0 Å². The van der Waals surface area contributed by atoms with Gasteiger partial charge in [-0.1, -0.05) is 6.07 Å². The first-order valence-electron chi connectivity index (χ1n) is 2.74. The Hall–Kier alpha value is -0.380. The Kier molecular flexibility index (Phi) is 2.22. The van der Waals surface area contributed by atoms with Crippen molar-refractivity contribution in [2.75, 3.05) is 6.61 Å². The molecule has 0 aliphatic heterocycles. The lowest BCUT2D eigenvalue weighted by Gasteiger charge is -2.01. The largest absolute Gasteiger partial charge is 0.394 e. The summed E-state index contributed by atoms with van der Waals surface area (Å²) >= 11 is 1.57. The minimum absolute atomic E-state index is 0.0283. The van der Waals surface area contributed by atoms with Gasteiger partial charge in [-0.3, -0.25) is 0 Å². The van der Waals surface area contributed by atoms with Gasteiger partial charge >= 0.3 is 0 Å². The Morgan fingerprint density at radius 1 is 1.78 bits per heavy atom. The molecule has 0 radical (unpaired) electrons. The van der Waals surface area contributed by atoms with E-state index in [1.54, 1.807) is 11.3 Å². The monoisotopic (exact) mass is 143 g/mol. The van der Waals surface area contributed by atoms with Crippen LogP contribution in [-0.2, 0) is 0 Å². The van der Waals surface area contributed by atoms with Gasteiger partial charge in [0.05, 0.1) is 12.6 Å². The Labute approximate surface area is 57.9 Å². The van der Waals surface area contributed by atoms with Crippen molar-refractivity contribution < 1.29 is 5.11 Å². The van der Waals surface area contributed by atoms with Crippen LogP contribution >= 0.6 is 11.3 Å². The molecule has 0 bridgehead atoms. The Bertz CT molecular complexity index is 162. The van der Waals surface area contributed by atoms with E-state index in [9.17, 15) is 0 Å². The molecule has 0 unspecified atom stereocenters. The van der Waals surface area contributed by atoms with E-state index in [-0.39, 0.29) is 12.6 Å². The van der Waals surface area contributed by atoms with E-state index >= 15 is 0 Å². The van der Waals surface area contributed by atoms with Gasteiger partial charge in [-0.15, -0.1) is 11.3 Å². The molecular formula is C6H9NOS. The smallest absolute Gasteiger partial charge is 0.0632 e. The van der Waals surface area contributed by atoms with E-state index in [4.69, 9.17) is 10.8 Å². The summed E-state index contributed by atoms with van der Waals surface area (Å²) in [4.78, 5) is 1.04. The second-order valence-electron chi connectivity index (χ2n) is 1.80. The molecule has 3 N–H and O–H groups in total. The fraction of sp³-hybridized carbons (Fsp3) is 0.333. The minimum atomic E-state index is -0.190. The van der Waals surface area contributed by atoms with Crippen molar-refractivity contribution >= 4 is 11.3 Å². The molecule has 1 atom stereocenters. The molecule has 0 saturated heterocycles. The van der Waals surface area contributed by atoms with Gasteiger partial charge in [0.15, 0.2) is 0 Å². The fourth-order valence-electron chi connectivity index (χ4n) is 0.592. The molecule has 0 saturated carbocycles. The topological polar surface area (TPSA) is 46.2 Å². The lowest BCUT2D eigenvalue weighted by molar-refractivity contribution is 0.269. The summed E-state index contributed by atoms with van der Waals surface area (Å²) in [5.74, 6) is 0. The first-order valence-corrected chi connectivity index (χ1v) is 3.62. The van der Waals surface area contributed by atoms with Crippen LogP contribution in [0, 0.1) is 0 Å². The lowest BCUT2D eigenvalue weighted by Crippen LogP contribution is -2.12. The molecule has 0 amide bonds. The van der Waals surface area contributed by atoms with Crippen LogP contribution in [0.2, 0.25) is 0 Å². The zero-order valence-corrected chi connectivity index (χ0v) is 5.77. The normalized spacial score (nSPS) is 13.6. The van der Waals surface area contributed by atoms with Crippen LogP contribution in [0.1, 0.15) is 10.9 Å². The molecule has 1 aromatic heterocycles. The van der Waals surface area contributed by atoms with E-state index in [1.807, 2.05) is 17.5 Å². The highest BCUT2D eigenvalue weighted by atomic mass is 32.1. The fourth-order valence-corrected chi connectivity index (χ4v) is 1.31. The molecular weight excluding hydrogens is 134 g/mol. The van der Waals surface area contributed by atoms with Crippen molar-refractivity contribution in [2.45, 2.75) is 6.04 Å². The van der Waals surface area contributed by atoms with E-state index in [2.05, 4.69) is 0 Å². The number of aliphatic hydroxyl groups excluding tert-OH is 1. The number of hydrogen-bond donors (Lipinski definition) is 2. The average Bonchev–Trinajstić information content (AvgIpc) is 2.37. The summed E-state index contributed by atoms with van der Waals surface area (Å²) in [5.41, 5.74) is 5.50. The molecule has 50 valence electrons. The van der Waals surface area contributed by atoms with Crippen molar-refractivity contribution in [3.8, 4) is 0 Å². The third-order valence-corrected chi connectivity index (χ3v) is 2.11. The first kappa shape index (κ1) is 6.74. The summed E-state index contributed by atoms with van der Waals surface area (Å²) in [6.45, 7) is 0.0283. The molecule has 2 nitrogen and oxygen atoms in total. The number of nitrogens with two attached hydrogens (primary N) is 1. The summed E-state index contributed by atoms with van der Waals surface area (Å²) in [5, 5.41) is 10.5. The van der Waals surface area contributed by atoms with Crippen LogP contribution < -0.4 is 5.73 Å². The molecule has 3 heteroatoms. The molecule has 0 aliphatic rings. The molecule has 0 aromatic carbocycles. The van der Waals surface area contributed by atoms with Crippen molar-refractivity contribution in [3.63, 3.8) is 0 Å². The number of aliphatic hydroxyl groups is 1. The second kappa shape index (κ2) is 2.96. The van der Waals surface area contributed by atoms with E-state index in [0.717, 1.165) is 4.88 Å². The highest BCUT2D eigenvalue weighted by Gasteiger charge is 2.02. The van der Waals surface area contributed by atoms with Crippen LogP contribution in [-0.4, -0.2) is 11.7 Å². The maximum atomic E-state index is 8.59. The highest BCUT2D eigenvalue weighted by molar-refractivity contribution is 7.10. The first-order chi connectivity index (χ1) is 4.34. The standard InChI is InChI=1S/C6H9NOS/c7-5(4-8)6-2-1-3-9-6/h1-3,5,8H,4,7H2/t5-/m1/s1. The third-order valence-electron chi connectivity index (χ3n) is 1.11. The molecule has 1 rings (SSSR count). The predicted molar refractivity (Wildman–Crippen MR) is 38.3 cm³/mol. The number of thiophene rings is 1. The van der Waals surface area contributed by atoms with Gasteiger partial charge in [0, 0.05) is 4.88 Å². The van der Waals surface area contributed by atoms with Crippen molar-refractivity contribution in [1.82, 2.24) is 0 Å². The van der Waals surface area contributed by atoms with Crippen LogP contribution in [0.4, 0.5) is 0 Å². The number of rotatable bonds is 2. The van der Waals surface area contributed by atoms with Crippen LogP contribution in [0.15, 0.2) is 17.5 Å². The average molecular weight is 143 g/mol. The van der Waals surface area contributed by atoms with Crippen LogP contribution in [0.25, 0.3) is 0 Å². The molecule has 0 aliphatic carbocycles. The summed E-state index contributed by atoms with van der Waals surface area (Å²) in [7, 11) is 0. The molecule has 9 heavy (non-hydrogen) atoms. The molecule has 1 aromatic rings. The van der Waals surface area contributed by atoms with Gasteiger partial charge in [-0.25, -0.2) is 0 Å². The zero-order valence-electron chi connectivity index (χ0n) is 4.95. The van der Waals surface area contributed by atoms with Gasteiger partial charge in [-0.2, -0.15) is 0 Å². The lowest BCUT2D eigenvalue weighted by atomic mass is 10.3. The van der Waals surface area contributed by atoms with Gasteiger partial charge in [-0.05, 0) is 11.4 Å². The SMILES string of the molecule is N[C@H](CO)c1cccs1. The Morgan fingerprint density at radius 2 is 2.56 bits per heavy atom. The van der Waals surface area contributed by atoms with E-state index < -0.39 is 0 Å². The molecule has 0 spiro atoms. The van der Waals surface area contributed by atoms with Crippen molar-refractivity contribution in [3.05, 3.63) is 22.4 Å². The van der Waals surface area contributed by atoms with Crippen molar-refractivity contribution in [2.24, 2.45) is 5.73 Å². The summed E-state index contributed by atoms with van der Waals surface area (Å²) in [6.07, 6.45) is 0. The van der Waals surface area contributed by atoms with E-state index in [1.165, 1.54) is 0 Å². The summed E-state index contributed by atoms with van der Waals surface area (Å²) < 4.78 is 0. The number of hydrogen-bond acceptors (Lipinski definition) is 3. The quantitative estimate of drug-likeness (QED) is 0.641. The van der Waals surface area contributed by atoms with Crippen LogP contribution in [0.5, 0.6) is 0 Å². The molecule has 1 heterocycles. The molecule has 0 fully saturated rings. The minimum Gasteiger partial charge on any atom is -0.394 e. The summed E-state index contributed by atoms with van der Waals surface area (Å²) in [6, 6.07) is 3.66. The Morgan fingerprint density at radius 3 is 3.00 bits per heavy atom. The van der Waals surface area contributed by atoms with Gasteiger partial charge in [0.25, 0.3) is 0 Å². The van der Waals surface area contributed by atoms with Gasteiger partial charge in [0.2, 0.25) is 0 Å². The van der Waals surface area contributed by atoms with E-state index in [0.29, 0.717) is 0 Å².